The molecule has 348 valence electrons. The number of nitrogens with one attached hydrogen (secondary N) is 2. The van der Waals surface area contributed by atoms with E-state index in [0.717, 1.165) is 41.0 Å². The number of hydrogen-bond donors (Lipinski definition) is 3. The lowest BCUT2D eigenvalue weighted by Crippen LogP contribution is -2.45. The van der Waals surface area contributed by atoms with Crippen LogP contribution in [0, 0.1) is 5.41 Å². The summed E-state index contributed by atoms with van der Waals surface area (Å²) in [5.74, 6) is 0.299. The average molecular weight is 908 g/mol. The zero-order chi connectivity index (χ0) is 46.6. The van der Waals surface area contributed by atoms with E-state index in [1.54, 1.807) is 26.5 Å². The van der Waals surface area contributed by atoms with Crippen molar-refractivity contribution in [1.29, 1.82) is 0 Å². The Morgan fingerprint density at radius 2 is 1.41 bits per heavy atom. The van der Waals surface area contributed by atoms with Crippen molar-refractivity contribution in [1.82, 2.24) is 25.6 Å². The number of carbonyl (C=O) groups excluding carboxylic acids is 4. The first kappa shape index (κ1) is 51.7. The molecule has 0 atom stereocenters. The second-order valence-electron chi connectivity index (χ2n) is 19.7. The van der Waals surface area contributed by atoms with Gasteiger partial charge in [-0.2, -0.15) is 0 Å². The number of benzene rings is 2. The van der Waals surface area contributed by atoms with Gasteiger partial charge in [0.25, 0.3) is 0 Å². The van der Waals surface area contributed by atoms with Crippen LogP contribution < -0.4 is 21.3 Å². The molecule has 15 heteroatoms. The molecule has 0 bridgehead atoms. The molecule has 3 aromatic rings. The van der Waals surface area contributed by atoms with Gasteiger partial charge in [-0.05, 0) is 106 Å². The lowest BCUT2D eigenvalue weighted by Gasteiger charge is -2.31. The number of aryl methyl sites for hydroxylation is 1. The number of fused-ring (bicyclic) bond motifs is 5. The van der Waals surface area contributed by atoms with Crippen LogP contribution in [0.2, 0.25) is 0 Å². The number of aromatic nitrogens is 3. The fourth-order valence-corrected chi connectivity index (χ4v) is 10.1. The van der Waals surface area contributed by atoms with Crippen LogP contribution in [-0.4, -0.2) is 85.6 Å². The molecule has 4 N–H and O–H groups in total. The number of nitrogens with zero attached hydrogens (tertiary/aromatic N) is 4. The minimum Gasteiger partial charge on any atom is -0.375 e. The molecule has 13 nitrogen and oxygen atoms in total. The third kappa shape index (κ3) is 15.9. The molecule has 4 rings (SSSR count). The maximum absolute atomic E-state index is 14.2. The minimum atomic E-state index is -0.537. The Kier molecular flexibility index (Phi) is 18.3. The first-order valence-corrected chi connectivity index (χ1v) is 24.6. The summed E-state index contributed by atoms with van der Waals surface area (Å²) in [6.45, 7) is 24.7. The quantitative estimate of drug-likeness (QED) is 0.0551. The van der Waals surface area contributed by atoms with E-state index in [1.807, 2.05) is 87.8 Å². The lowest BCUT2D eigenvalue weighted by molar-refractivity contribution is -0.131. The molecule has 0 unspecified atom stereocenters. The molecule has 1 aliphatic rings. The standard InChI is InChI=1S/C48H73N7O6S2/c1-12-50-43(59)44(2,3)26-30-60-46(6,7)25-29-55-42-35-18-14-13-17-34(35)33-54(37-20-16-15-19-36(37)41(42)52-53-55)40(58)22-21-39(57)51-45(4,5)27-31-61-47(8,9)28-32-62-63-48(10,11)24-23-38(49)56/h13-20H,12,21-33H2,1-11H3,(H2,49,56)(H,50,59)(H,51,57). The molecular weight excluding hydrogens is 835 g/mol. The molecule has 1 aliphatic heterocycles. The van der Waals surface area contributed by atoms with Gasteiger partial charge in [-0.25, -0.2) is 4.68 Å². The van der Waals surface area contributed by atoms with Crippen LogP contribution in [0.5, 0.6) is 0 Å². The summed E-state index contributed by atoms with van der Waals surface area (Å²) in [6, 6.07) is 15.8. The molecular formula is C48H73N7O6S2. The molecule has 0 aliphatic carbocycles. The second-order valence-corrected chi connectivity index (χ2v) is 22.8. The molecule has 0 spiro atoms. The summed E-state index contributed by atoms with van der Waals surface area (Å²) in [7, 11) is 3.55. The van der Waals surface area contributed by atoms with E-state index < -0.39 is 16.6 Å². The van der Waals surface area contributed by atoms with Gasteiger partial charge in [-0.3, -0.25) is 19.2 Å². The van der Waals surface area contributed by atoms with Gasteiger partial charge in [0.1, 0.15) is 5.69 Å². The number of ether oxygens (including phenoxy) is 2. The third-order valence-corrected chi connectivity index (χ3v) is 14.8. The second kappa shape index (κ2) is 22.3. The number of para-hydroxylation sites is 1. The first-order valence-electron chi connectivity index (χ1n) is 22.3. The van der Waals surface area contributed by atoms with Crippen molar-refractivity contribution in [2.45, 2.75) is 162 Å². The van der Waals surface area contributed by atoms with Gasteiger partial charge in [-0.1, -0.05) is 83.1 Å². The highest BCUT2D eigenvalue weighted by Gasteiger charge is 2.32. The SMILES string of the molecule is CCNC(=O)C(C)(C)CCOC(C)(C)CCn1nnc2c1-c1ccccc1CN(C(=O)CCC(=O)NC(C)(C)CCOC(C)(C)CCSSC(C)(C)CCC(N)=O)c1ccccc1-2. The number of primary amides is 1. The van der Waals surface area contributed by atoms with E-state index in [2.05, 4.69) is 57.4 Å². The highest BCUT2D eigenvalue weighted by molar-refractivity contribution is 8.77. The molecule has 0 saturated carbocycles. The van der Waals surface area contributed by atoms with Gasteiger partial charge in [0.15, 0.2) is 0 Å². The van der Waals surface area contributed by atoms with E-state index >= 15 is 0 Å². The maximum atomic E-state index is 14.2. The maximum Gasteiger partial charge on any atom is 0.227 e. The molecule has 1 aromatic heterocycles. The van der Waals surface area contributed by atoms with Crippen molar-refractivity contribution in [3.05, 3.63) is 54.1 Å². The zero-order valence-electron chi connectivity index (χ0n) is 39.7. The fourth-order valence-electron chi connectivity index (χ4n) is 7.20. The highest BCUT2D eigenvalue weighted by atomic mass is 33.1. The Balaban J connectivity index is 1.36. The van der Waals surface area contributed by atoms with Crippen LogP contribution in [-0.2, 0) is 41.7 Å². The summed E-state index contributed by atoms with van der Waals surface area (Å²) in [4.78, 5) is 53.0. The topological polar surface area (TPSA) is 171 Å². The van der Waals surface area contributed by atoms with Crippen LogP contribution in [0.15, 0.2) is 48.5 Å². The molecule has 4 amide bonds. The van der Waals surface area contributed by atoms with Crippen molar-refractivity contribution in [3.63, 3.8) is 0 Å². The fraction of sp³-hybridized carbons (Fsp3) is 0.625. The Hall–Kier alpha value is -3.92. The number of carbonyl (C=O) groups is 4. The smallest absolute Gasteiger partial charge is 0.227 e. The molecule has 2 heterocycles. The van der Waals surface area contributed by atoms with Crippen LogP contribution in [0.25, 0.3) is 22.5 Å². The highest BCUT2D eigenvalue weighted by Crippen LogP contribution is 2.42. The molecule has 2 aromatic carbocycles. The first-order chi connectivity index (χ1) is 29.4. The van der Waals surface area contributed by atoms with Gasteiger partial charge in [-0.15, -0.1) is 5.10 Å². The molecule has 63 heavy (non-hydrogen) atoms. The number of nitrogens with two attached hydrogens (primary N) is 1. The van der Waals surface area contributed by atoms with Crippen LogP contribution in [0.3, 0.4) is 0 Å². The van der Waals surface area contributed by atoms with Gasteiger partial charge in [0, 0.05) is 78.1 Å². The van der Waals surface area contributed by atoms with Crippen LogP contribution in [0.4, 0.5) is 5.69 Å². The van der Waals surface area contributed by atoms with Gasteiger partial charge >= 0.3 is 0 Å². The summed E-state index contributed by atoms with van der Waals surface area (Å²) in [6.07, 6.45) is 3.92. The van der Waals surface area contributed by atoms with Crippen LogP contribution in [0.1, 0.15) is 133 Å². The normalized spacial score (nSPS) is 13.3. The van der Waals surface area contributed by atoms with Crippen molar-refractivity contribution in [3.8, 4) is 22.5 Å². The molecule has 0 saturated heterocycles. The number of rotatable bonds is 25. The van der Waals surface area contributed by atoms with Gasteiger partial charge in [0.2, 0.25) is 23.6 Å². The molecule has 0 radical (unpaired) electrons. The van der Waals surface area contributed by atoms with Crippen molar-refractivity contribution in [2.24, 2.45) is 11.1 Å². The largest absolute Gasteiger partial charge is 0.375 e. The predicted molar refractivity (Wildman–Crippen MR) is 257 cm³/mol. The van der Waals surface area contributed by atoms with Gasteiger partial charge < -0.3 is 30.7 Å². The van der Waals surface area contributed by atoms with E-state index in [0.29, 0.717) is 69.9 Å². The zero-order valence-corrected chi connectivity index (χ0v) is 41.3. The Morgan fingerprint density at radius 3 is 2.10 bits per heavy atom. The van der Waals surface area contributed by atoms with Crippen molar-refractivity contribution in [2.75, 3.05) is 30.4 Å². The summed E-state index contributed by atoms with van der Waals surface area (Å²) in [5.41, 5.74) is 8.39. The average Bonchev–Trinajstić information content (AvgIpc) is 3.61. The minimum absolute atomic E-state index is 0.0213. The van der Waals surface area contributed by atoms with E-state index in [1.165, 1.54) is 0 Å². The predicted octanol–water partition coefficient (Wildman–Crippen LogP) is 8.87. The monoisotopic (exact) mass is 908 g/mol. The van der Waals surface area contributed by atoms with Crippen molar-refractivity contribution >= 4 is 50.9 Å². The van der Waals surface area contributed by atoms with Gasteiger partial charge in [0.05, 0.1) is 29.1 Å². The Morgan fingerprint density at radius 1 is 0.778 bits per heavy atom. The number of hydrogen-bond acceptors (Lipinski definition) is 10. The summed E-state index contributed by atoms with van der Waals surface area (Å²) in [5, 5.41) is 15.4. The van der Waals surface area contributed by atoms with Crippen LogP contribution >= 0.6 is 21.6 Å². The Bertz CT molecular complexity index is 2030. The van der Waals surface area contributed by atoms with E-state index in [-0.39, 0.29) is 46.8 Å². The summed E-state index contributed by atoms with van der Waals surface area (Å²) < 4.78 is 14.5. The lowest BCUT2D eigenvalue weighted by atomic mass is 9.88. The summed E-state index contributed by atoms with van der Waals surface area (Å²) >= 11 is 0. The van der Waals surface area contributed by atoms with E-state index in [4.69, 9.17) is 20.3 Å². The van der Waals surface area contributed by atoms with E-state index in [9.17, 15) is 19.2 Å². The molecule has 0 fully saturated rings. The Labute approximate surface area is 383 Å². The number of amides is 4. The number of anilines is 1. The third-order valence-electron chi connectivity index (χ3n) is 11.5. The van der Waals surface area contributed by atoms with Crippen molar-refractivity contribution < 1.29 is 28.7 Å².